The highest BCUT2D eigenvalue weighted by atomic mass is 32.1. The summed E-state index contributed by atoms with van der Waals surface area (Å²) in [6, 6.07) is 7.78. The highest BCUT2D eigenvalue weighted by Gasteiger charge is 2.15. The molecule has 0 radical (unpaired) electrons. The standard InChI is InChI=1S/C18H24N2O2S/c1-5-22-15-8-6-7-14(10-15)11-19-18(21)17-13(4)20-16(23-17)9-12(2)3/h6-8,10,12H,5,9,11H2,1-4H3,(H,19,21). The second-order valence-corrected chi connectivity index (χ2v) is 6.97. The number of amides is 1. The van der Waals surface area contributed by atoms with Crippen LogP contribution in [0.5, 0.6) is 5.75 Å². The Bertz CT molecular complexity index is 665. The van der Waals surface area contributed by atoms with Gasteiger partial charge in [0.25, 0.3) is 5.91 Å². The molecule has 23 heavy (non-hydrogen) atoms. The van der Waals surface area contributed by atoms with Gasteiger partial charge in [-0.3, -0.25) is 4.79 Å². The SMILES string of the molecule is CCOc1cccc(CNC(=O)c2sc(CC(C)C)nc2C)c1. The van der Waals surface area contributed by atoms with Gasteiger partial charge in [0.2, 0.25) is 0 Å². The highest BCUT2D eigenvalue weighted by molar-refractivity contribution is 7.13. The molecular weight excluding hydrogens is 308 g/mol. The number of rotatable bonds is 7. The van der Waals surface area contributed by atoms with E-state index in [0.717, 1.165) is 28.4 Å². The second-order valence-electron chi connectivity index (χ2n) is 5.88. The number of thiazole rings is 1. The molecule has 0 saturated heterocycles. The topological polar surface area (TPSA) is 51.2 Å². The Labute approximate surface area is 141 Å². The van der Waals surface area contributed by atoms with Gasteiger partial charge in [-0.1, -0.05) is 26.0 Å². The van der Waals surface area contributed by atoms with E-state index in [2.05, 4.69) is 24.1 Å². The van der Waals surface area contributed by atoms with Crippen molar-refractivity contribution in [3.8, 4) is 5.75 Å². The predicted octanol–water partition coefficient (Wildman–Crippen LogP) is 3.98. The molecule has 0 aliphatic heterocycles. The first-order valence-electron chi connectivity index (χ1n) is 7.95. The molecule has 1 aromatic carbocycles. The van der Waals surface area contributed by atoms with Crippen molar-refractivity contribution >= 4 is 17.2 Å². The zero-order valence-electron chi connectivity index (χ0n) is 14.2. The van der Waals surface area contributed by atoms with E-state index in [1.54, 1.807) is 0 Å². The van der Waals surface area contributed by atoms with E-state index < -0.39 is 0 Å². The van der Waals surface area contributed by atoms with Crippen LogP contribution >= 0.6 is 11.3 Å². The average molecular weight is 332 g/mol. The van der Waals surface area contributed by atoms with Crippen LogP contribution < -0.4 is 10.1 Å². The van der Waals surface area contributed by atoms with Crippen molar-refractivity contribution in [2.24, 2.45) is 5.92 Å². The second kappa shape index (κ2) is 8.11. The zero-order chi connectivity index (χ0) is 16.8. The molecule has 0 aliphatic rings. The van der Waals surface area contributed by atoms with Crippen LogP contribution in [0.1, 0.15) is 46.7 Å². The van der Waals surface area contributed by atoms with Crippen molar-refractivity contribution in [1.82, 2.24) is 10.3 Å². The summed E-state index contributed by atoms with van der Waals surface area (Å²) in [5.41, 5.74) is 1.83. The van der Waals surface area contributed by atoms with E-state index >= 15 is 0 Å². The summed E-state index contributed by atoms with van der Waals surface area (Å²) >= 11 is 1.49. The Morgan fingerprint density at radius 1 is 1.39 bits per heavy atom. The summed E-state index contributed by atoms with van der Waals surface area (Å²) in [6.45, 7) is 9.27. The van der Waals surface area contributed by atoms with E-state index in [-0.39, 0.29) is 5.91 Å². The number of aryl methyl sites for hydroxylation is 1. The smallest absolute Gasteiger partial charge is 0.263 e. The molecule has 0 bridgehead atoms. The molecule has 4 nitrogen and oxygen atoms in total. The Hall–Kier alpha value is -1.88. The molecule has 124 valence electrons. The monoisotopic (exact) mass is 332 g/mol. The van der Waals surface area contributed by atoms with Crippen molar-refractivity contribution in [1.29, 1.82) is 0 Å². The van der Waals surface area contributed by atoms with Crippen LogP contribution in [0.2, 0.25) is 0 Å². The summed E-state index contributed by atoms with van der Waals surface area (Å²) in [7, 11) is 0. The summed E-state index contributed by atoms with van der Waals surface area (Å²) in [6.07, 6.45) is 0.912. The normalized spacial score (nSPS) is 10.8. The minimum Gasteiger partial charge on any atom is -0.494 e. The van der Waals surface area contributed by atoms with Crippen molar-refractivity contribution in [2.75, 3.05) is 6.61 Å². The van der Waals surface area contributed by atoms with Crippen LogP contribution in [0.25, 0.3) is 0 Å². The van der Waals surface area contributed by atoms with Crippen molar-refractivity contribution in [3.63, 3.8) is 0 Å². The summed E-state index contributed by atoms with van der Waals surface area (Å²) in [4.78, 5) is 17.6. The Morgan fingerprint density at radius 2 is 2.17 bits per heavy atom. The van der Waals surface area contributed by atoms with E-state index in [9.17, 15) is 4.79 Å². The Morgan fingerprint density at radius 3 is 2.87 bits per heavy atom. The number of hydrogen-bond donors (Lipinski definition) is 1. The van der Waals surface area contributed by atoms with Gasteiger partial charge in [0, 0.05) is 13.0 Å². The number of benzene rings is 1. The van der Waals surface area contributed by atoms with Crippen LogP contribution in [0.4, 0.5) is 0 Å². The van der Waals surface area contributed by atoms with Crippen LogP contribution in [-0.4, -0.2) is 17.5 Å². The molecule has 2 aromatic rings. The lowest BCUT2D eigenvalue weighted by atomic mass is 10.1. The van der Waals surface area contributed by atoms with Crippen molar-refractivity contribution < 1.29 is 9.53 Å². The fourth-order valence-electron chi connectivity index (χ4n) is 2.27. The first kappa shape index (κ1) is 17.5. The van der Waals surface area contributed by atoms with Gasteiger partial charge in [-0.15, -0.1) is 11.3 Å². The lowest BCUT2D eigenvalue weighted by Crippen LogP contribution is -2.22. The third-order valence-electron chi connectivity index (χ3n) is 3.29. The number of nitrogens with zero attached hydrogens (tertiary/aromatic N) is 1. The number of carbonyl (C=O) groups is 1. The molecule has 0 aliphatic carbocycles. The average Bonchev–Trinajstić information content (AvgIpc) is 2.85. The molecule has 5 heteroatoms. The van der Waals surface area contributed by atoms with Crippen LogP contribution in [0, 0.1) is 12.8 Å². The van der Waals surface area contributed by atoms with E-state index in [1.807, 2.05) is 38.1 Å². The molecule has 1 aromatic heterocycles. The van der Waals surface area contributed by atoms with Gasteiger partial charge >= 0.3 is 0 Å². The molecule has 1 N–H and O–H groups in total. The van der Waals surface area contributed by atoms with Gasteiger partial charge in [-0.05, 0) is 37.5 Å². The number of aromatic nitrogens is 1. The number of nitrogens with one attached hydrogen (secondary N) is 1. The molecule has 2 rings (SSSR count). The fraction of sp³-hybridized carbons (Fsp3) is 0.444. The highest BCUT2D eigenvalue weighted by Crippen LogP contribution is 2.21. The van der Waals surface area contributed by atoms with Crippen LogP contribution in [0.3, 0.4) is 0 Å². The molecule has 0 fully saturated rings. The van der Waals surface area contributed by atoms with Gasteiger partial charge in [0.15, 0.2) is 0 Å². The van der Waals surface area contributed by atoms with Gasteiger partial charge < -0.3 is 10.1 Å². The van der Waals surface area contributed by atoms with Gasteiger partial charge in [-0.25, -0.2) is 4.98 Å². The summed E-state index contributed by atoms with van der Waals surface area (Å²) in [5.74, 6) is 1.31. The van der Waals surface area contributed by atoms with Crippen LogP contribution in [0.15, 0.2) is 24.3 Å². The number of carbonyl (C=O) groups excluding carboxylic acids is 1. The minimum atomic E-state index is -0.0585. The molecule has 0 unspecified atom stereocenters. The lowest BCUT2D eigenvalue weighted by molar-refractivity contribution is 0.0954. The third kappa shape index (κ3) is 5.06. The lowest BCUT2D eigenvalue weighted by Gasteiger charge is -2.07. The number of hydrogen-bond acceptors (Lipinski definition) is 4. The Kier molecular flexibility index (Phi) is 6.16. The van der Waals surface area contributed by atoms with Gasteiger partial charge in [0.05, 0.1) is 17.3 Å². The van der Waals surface area contributed by atoms with Crippen molar-refractivity contribution in [3.05, 3.63) is 45.4 Å². The fourth-order valence-corrected chi connectivity index (χ4v) is 3.47. The summed E-state index contributed by atoms with van der Waals surface area (Å²) < 4.78 is 5.48. The van der Waals surface area contributed by atoms with Gasteiger partial charge in [0.1, 0.15) is 10.6 Å². The molecule has 0 spiro atoms. The summed E-state index contributed by atoms with van der Waals surface area (Å²) in [5, 5.41) is 4.00. The largest absolute Gasteiger partial charge is 0.494 e. The quantitative estimate of drug-likeness (QED) is 0.834. The maximum absolute atomic E-state index is 12.4. The van der Waals surface area contributed by atoms with Crippen molar-refractivity contribution in [2.45, 2.75) is 40.7 Å². The maximum atomic E-state index is 12.4. The third-order valence-corrected chi connectivity index (χ3v) is 4.47. The van der Waals surface area contributed by atoms with Gasteiger partial charge in [-0.2, -0.15) is 0 Å². The molecule has 0 atom stereocenters. The molecule has 1 amide bonds. The predicted molar refractivity (Wildman–Crippen MR) is 94.2 cm³/mol. The maximum Gasteiger partial charge on any atom is 0.263 e. The number of ether oxygens (including phenoxy) is 1. The van der Waals surface area contributed by atoms with E-state index in [4.69, 9.17) is 4.74 Å². The first-order valence-corrected chi connectivity index (χ1v) is 8.77. The Balaban J connectivity index is 1.99. The minimum absolute atomic E-state index is 0.0585. The zero-order valence-corrected chi connectivity index (χ0v) is 15.0. The molecule has 0 saturated carbocycles. The first-order chi connectivity index (χ1) is 11.0. The molecule has 1 heterocycles. The molecular formula is C18H24N2O2S. The van der Waals surface area contributed by atoms with E-state index in [0.29, 0.717) is 23.9 Å². The van der Waals surface area contributed by atoms with Crippen LogP contribution in [-0.2, 0) is 13.0 Å². The van der Waals surface area contributed by atoms with E-state index in [1.165, 1.54) is 11.3 Å².